The molecule has 0 saturated heterocycles. The fourth-order valence-corrected chi connectivity index (χ4v) is 2.77. The van der Waals surface area contributed by atoms with Gasteiger partial charge < -0.3 is 4.90 Å². The Balaban J connectivity index is 1.75. The quantitative estimate of drug-likeness (QED) is 0.844. The van der Waals surface area contributed by atoms with Crippen molar-refractivity contribution in [1.82, 2.24) is 19.9 Å². The Labute approximate surface area is 112 Å². The van der Waals surface area contributed by atoms with Crippen LogP contribution in [0.1, 0.15) is 25.7 Å². The third-order valence-corrected chi connectivity index (χ3v) is 3.97. The molecular formula is C14H18N4O. The number of carbonyl (C=O) groups excluding carboxylic acids is 1. The molecule has 0 spiro atoms. The molecule has 1 aliphatic rings. The Morgan fingerprint density at radius 2 is 2.11 bits per heavy atom. The number of carbonyl (C=O) groups is 1. The Kier molecular flexibility index (Phi) is 3.19. The van der Waals surface area contributed by atoms with Crippen LogP contribution >= 0.6 is 0 Å². The van der Waals surface area contributed by atoms with Crippen LogP contribution in [0.2, 0.25) is 0 Å². The van der Waals surface area contributed by atoms with E-state index in [1.54, 1.807) is 4.68 Å². The fraction of sp³-hybridized carbons (Fsp3) is 0.500. The minimum absolute atomic E-state index is 0.113. The standard InChI is InChI=1S/C14H18N4O/c1-17(11-6-2-3-7-11)14(19)10-18-13-9-5-4-8-12(13)15-16-18/h4-5,8-9,11H,2-3,6-7,10H2,1H3. The van der Waals surface area contributed by atoms with Gasteiger partial charge in [-0.3, -0.25) is 4.79 Å². The number of likely N-dealkylation sites (N-methyl/N-ethyl adjacent to an activating group) is 1. The lowest BCUT2D eigenvalue weighted by Crippen LogP contribution is -2.37. The molecule has 0 aliphatic heterocycles. The second kappa shape index (κ2) is 4.99. The molecule has 2 aromatic rings. The topological polar surface area (TPSA) is 51.0 Å². The number of hydrogen-bond donors (Lipinski definition) is 0. The first-order valence-corrected chi connectivity index (χ1v) is 6.79. The van der Waals surface area contributed by atoms with E-state index < -0.39 is 0 Å². The molecule has 1 aromatic heterocycles. The molecule has 0 unspecified atom stereocenters. The number of hydrogen-bond acceptors (Lipinski definition) is 3. The van der Waals surface area contributed by atoms with E-state index in [4.69, 9.17) is 0 Å². The first-order chi connectivity index (χ1) is 9.25. The summed E-state index contributed by atoms with van der Waals surface area (Å²) >= 11 is 0. The van der Waals surface area contributed by atoms with Crippen LogP contribution in [0.4, 0.5) is 0 Å². The largest absolute Gasteiger partial charge is 0.341 e. The second-order valence-corrected chi connectivity index (χ2v) is 5.18. The number of para-hydroxylation sites is 1. The van der Waals surface area contributed by atoms with E-state index in [0.717, 1.165) is 23.9 Å². The molecule has 0 radical (unpaired) electrons. The van der Waals surface area contributed by atoms with Gasteiger partial charge in [0.25, 0.3) is 0 Å². The van der Waals surface area contributed by atoms with Crippen molar-refractivity contribution in [3.8, 4) is 0 Å². The van der Waals surface area contributed by atoms with E-state index in [-0.39, 0.29) is 12.5 Å². The van der Waals surface area contributed by atoms with Crippen molar-refractivity contribution in [2.24, 2.45) is 0 Å². The lowest BCUT2D eigenvalue weighted by molar-refractivity contribution is -0.132. The first-order valence-electron chi connectivity index (χ1n) is 6.79. The molecule has 1 fully saturated rings. The van der Waals surface area contributed by atoms with E-state index in [9.17, 15) is 4.79 Å². The number of amides is 1. The van der Waals surface area contributed by atoms with Crippen molar-refractivity contribution in [3.05, 3.63) is 24.3 Å². The molecule has 5 heteroatoms. The lowest BCUT2D eigenvalue weighted by atomic mass is 10.2. The summed E-state index contributed by atoms with van der Waals surface area (Å²) in [7, 11) is 1.90. The first kappa shape index (κ1) is 12.1. The van der Waals surface area contributed by atoms with Gasteiger partial charge in [0.05, 0.1) is 5.52 Å². The minimum atomic E-state index is 0.113. The normalized spacial score (nSPS) is 16.1. The van der Waals surface area contributed by atoms with Gasteiger partial charge in [-0.15, -0.1) is 5.10 Å². The molecule has 0 atom stereocenters. The van der Waals surface area contributed by atoms with Gasteiger partial charge in [-0.05, 0) is 25.0 Å². The van der Waals surface area contributed by atoms with Crippen LogP contribution in [0.15, 0.2) is 24.3 Å². The molecular weight excluding hydrogens is 240 g/mol. The highest BCUT2D eigenvalue weighted by Crippen LogP contribution is 2.22. The summed E-state index contributed by atoms with van der Waals surface area (Å²) in [5.74, 6) is 0.113. The Morgan fingerprint density at radius 3 is 2.89 bits per heavy atom. The zero-order valence-electron chi connectivity index (χ0n) is 11.1. The zero-order chi connectivity index (χ0) is 13.2. The molecule has 1 saturated carbocycles. The molecule has 1 amide bonds. The van der Waals surface area contributed by atoms with Gasteiger partial charge in [0.2, 0.25) is 5.91 Å². The third kappa shape index (κ3) is 2.32. The molecule has 1 heterocycles. The Bertz CT molecular complexity index is 586. The van der Waals surface area contributed by atoms with Crippen LogP contribution in [0.25, 0.3) is 11.0 Å². The van der Waals surface area contributed by atoms with E-state index in [1.165, 1.54) is 12.8 Å². The van der Waals surface area contributed by atoms with Crippen LogP contribution in [-0.2, 0) is 11.3 Å². The number of nitrogens with zero attached hydrogens (tertiary/aromatic N) is 4. The van der Waals surface area contributed by atoms with E-state index >= 15 is 0 Å². The van der Waals surface area contributed by atoms with Crippen molar-refractivity contribution >= 4 is 16.9 Å². The average Bonchev–Trinajstić information content (AvgIpc) is 3.08. The van der Waals surface area contributed by atoms with Crippen LogP contribution in [0.3, 0.4) is 0 Å². The maximum atomic E-state index is 12.3. The van der Waals surface area contributed by atoms with Crippen LogP contribution in [0.5, 0.6) is 0 Å². The van der Waals surface area contributed by atoms with Crippen molar-refractivity contribution in [1.29, 1.82) is 0 Å². The van der Waals surface area contributed by atoms with Gasteiger partial charge >= 0.3 is 0 Å². The molecule has 19 heavy (non-hydrogen) atoms. The number of benzene rings is 1. The maximum absolute atomic E-state index is 12.3. The van der Waals surface area contributed by atoms with Gasteiger partial charge in [-0.25, -0.2) is 4.68 Å². The van der Waals surface area contributed by atoms with E-state index in [0.29, 0.717) is 6.04 Å². The van der Waals surface area contributed by atoms with Crippen molar-refractivity contribution in [2.45, 2.75) is 38.3 Å². The Morgan fingerprint density at radius 1 is 1.37 bits per heavy atom. The predicted octanol–water partition coefficient (Wildman–Crippen LogP) is 1.83. The summed E-state index contributed by atoms with van der Waals surface area (Å²) < 4.78 is 1.68. The third-order valence-electron chi connectivity index (χ3n) is 3.97. The lowest BCUT2D eigenvalue weighted by Gasteiger charge is -2.24. The second-order valence-electron chi connectivity index (χ2n) is 5.18. The average molecular weight is 258 g/mol. The molecule has 1 aliphatic carbocycles. The summed E-state index contributed by atoms with van der Waals surface area (Å²) in [5.41, 5.74) is 1.74. The highest BCUT2D eigenvalue weighted by atomic mass is 16.2. The summed E-state index contributed by atoms with van der Waals surface area (Å²) in [6.45, 7) is 0.271. The smallest absolute Gasteiger partial charge is 0.244 e. The van der Waals surface area contributed by atoms with Crippen LogP contribution in [-0.4, -0.2) is 38.9 Å². The van der Waals surface area contributed by atoms with Crippen molar-refractivity contribution in [2.75, 3.05) is 7.05 Å². The molecule has 1 aromatic carbocycles. The van der Waals surface area contributed by atoms with Gasteiger partial charge in [-0.2, -0.15) is 0 Å². The maximum Gasteiger partial charge on any atom is 0.244 e. The SMILES string of the molecule is CN(C(=O)Cn1nnc2ccccc21)C1CCCC1. The Hall–Kier alpha value is -1.91. The van der Waals surface area contributed by atoms with E-state index in [2.05, 4.69) is 10.3 Å². The number of aromatic nitrogens is 3. The zero-order valence-corrected chi connectivity index (χ0v) is 11.1. The van der Waals surface area contributed by atoms with Crippen molar-refractivity contribution in [3.63, 3.8) is 0 Å². The predicted molar refractivity (Wildman–Crippen MR) is 72.6 cm³/mol. The summed E-state index contributed by atoms with van der Waals surface area (Å²) in [4.78, 5) is 14.2. The highest BCUT2D eigenvalue weighted by molar-refractivity contribution is 5.79. The monoisotopic (exact) mass is 258 g/mol. The molecule has 3 rings (SSSR count). The summed E-state index contributed by atoms with van der Waals surface area (Å²) in [6, 6.07) is 8.12. The minimum Gasteiger partial charge on any atom is -0.341 e. The van der Waals surface area contributed by atoms with E-state index in [1.807, 2.05) is 36.2 Å². The molecule has 5 nitrogen and oxygen atoms in total. The van der Waals surface area contributed by atoms with Gasteiger partial charge in [-0.1, -0.05) is 30.2 Å². The van der Waals surface area contributed by atoms with Crippen molar-refractivity contribution < 1.29 is 4.79 Å². The fourth-order valence-electron chi connectivity index (χ4n) is 2.77. The van der Waals surface area contributed by atoms with Crippen LogP contribution in [0, 0.1) is 0 Å². The van der Waals surface area contributed by atoms with Gasteiger partial charge in [0, 0.05) is 13.1 Å². The summed E-state index contributed by atoms with van der Waals surface area (Å²) in [5, 5.41) is 8.13. The molecule has 0 N–H and O–H groups in total. The van der Waals surface area contributed by atoms with Crippen LogP contribution < -0.4 is 0 Å². The van der Waals surface area contributed by atoms with Gasteiger partial charge in [0.1, 0.15) is 12.1 Å². The van der Waals surface area contributed by atoms with Gasteiger partial charge in [0.15, 0.2) is 0 Å². The summed E-state index contributed by atoms with van der Waals surface area (Å²) in [6.07, 6.45) is 4.71. The molecule has 0 bridgehead atoms. The molecule has 100 valence electrons. The number of rotatable bonds is 3. The number of fused-ring (bicyclic) bond motifs is 1. The highest BCUT2D eigenvalue weighted by Gasteiger charge is 2.23.